The second-order valence-electron chi connectivity index (χ2n) is 5.51. The van der Waals surface area contributed by atoms with Crippen LogP contribution in [0.4, 0.5) is 0 Å². The topological polar surface area (TPSA) is 46.6 Å². The number of benzene rings is 1. The molecule has 0 radical (unpaired) electrons. The summed E-state index contributed by atoms with van der Waals surface area (Å²) in [5.74, 6) is 0.197. The van der Waals surface area contributed by atoms with E-state index in [0.717, 1.165) is 18.4 Å². The van der Waals surface area contributed by atoms with Crippen LogP contribution in [0, 0.1) is 12.8 Å². The molecule has 108 valence electrons. The largest absolute Gasteiger partial charge is 0.496 e. The van der Waals surface area contributed by atoms with Crippen molar-refractivity contribution in [1.82, 2.24) is 4.90 Å². The molecule has 4 nitrogen and oxygen atoms in total. The van der Waals surface area contributed by atoms with E-state index in [9.17, 15) is 9.59 Å². The van der Waals surface area contributed by atoms with Crippen LogP contribution in [0.2, 0.25) is 0 Å². The van der Waals surface area contributed by atoms with Crippen LogP contribution in [0.25, 0.3) is 0 Å². The van der Waals surface area contributed by atoms with E-state index in [-0.39, 0.29) is 0 Å². The van der Waals surface area contributed by atoms with Crippen molar-refractivity contribution in [1.29, 1.82) is 0 Å². The molecule has 0 saturated carbocycles. The number of rotatable bonds is 3. The summed E-state index contributed by atoms with van der Waals surface area (Å²) in [6.07, 6.45) is 1.92. The molecular formula is C16H21NO3. The molecule has 0 spiro atoms. The fourth-order valence-corrected chi connectivity index (χ4v) is 2.47. The third kappa shape index (κ3) is 3.00. The zero-order valence-corrected chi connectivity index (χ0v) is 12.3. The number of ether oxygens (including phenoxy) is 1. The van der Waals surface area contributed by atoms with Gasteiger partial charge >= 0.3 is 0 Å². The highest BCUT2D eigenvalue weighted by Crippen LogP contribution is 2.22. The van der Waals surface area contributed by atoms with Crippen molar-refractivity contribution < 1.29 is 14.3 Å². The van der Waals surface area contributed by atoms with Crippen molar-refractivity contribution in [3.63, 3.8) is 0 Å². The minimum Gasteiger partial charge on any atom is -0.496 e. The summed E-state index contributed by atoms with van der Waals surface area (Å²) in [5.41, 5.74) is 1.30. The Hall–Kier alpha value is -1.84. The second kappa shape index (κ2) is 6.07. The van der Waals surface area contributed by atoms with Gasteiger partial charge in [0.25, 0.3) is 11.7 Å². The van der Waals surface area contributed by atoms with Crippen LogP contribution in [-0.2, 0) is 4.79 Å². The molecule has 0 atom stereocenters. The number of piperidine rings is 1. The molecule has 0 unspecified atom stereocenters. The second-order valence-corrected chi connectivity index (χ2v) is 5.51. The Labute approximate surface area is 119 Å². The molecule has 0 N–H and O–H groups in total. The number of Topliss-reactive ketones (excluding diaryl/α,β-unsaturated/α-hetero) is 1. The lowest BCUT2D eigenvalue weighted by Crippen LogP contribution is -2.41. The first-order valence-corrected chi connectivity index (χ1v) is 7.01. The van der Waals surface area contributed by atoms with Gasteiger partial charge in [-0.25, -0.2) is 0 Å². The fraction of sp³-hybridized carbons (Fsp3) is 0.500. The van der Waals surface area contributed by atoms with E-state index in [1.807, 2.05) is 13.0 Å². The molecule has 1 aliphatic heterocycles. The first kappa shape index (κ1) is 14.6. The lowest BCUT2D eigenvalue weighted by molar-refractivity contribution is -0.127. The Balaban J connectivity index is 2.18. The molecule has 0 bridgehead atoms. The predicted octanol–water partition coefficient (Wildman–Crippen LogP) is 2.44. The summed E-state index contributed by atoms with van der Waals surface area (Å²) in [5, 5.41) is 0. The van der Waals surface area contributed by atoms with Gasteiger partial charge in [0, 0.05) is 13.1 Å². The molecular weight excluding hydrogens is 254 g/mol. The third-order valence-corrected chi connectivity index (χ3v) is 3.86. The number of ketones is 1. The molecule has 1 aromatic rings. The Kier molecular flexibility index (Phi) is 4.42. The maximum absolute atomic E-state index is 12.4. The maximum Gasteiger partial charge on any atom is 0.295 e. The van der Waals surface area contributed by atoms with Crippen LogP contribution in [0.1, 0.15) is 35.7 Å². The van der Waals surface area contributed by atoms with Gasteiger partial charge in [-0.15, -0.1) is 0 Å². The highest BCUT2D eigenvalue weighted by molar-refractivity contribution is 6.43. The first-order valence-electron chi connectivity index (χ1n) is 7.01. The molecule has 1 amide bonds. The van der Waals surface area contributed by atoms with Crippen molar-refractivity contribution in [2.75, 3.05) is 20.2 Å². The Morgan fingerprint density at radius 3 is 2.50 bits per heavy atom. The summed E-state index contributed by atoms with van der Waals surface area (Å²) in [6.45, 7) is 5.40. The van der Waals surface area contributed by atoms with Gasteiger partial charge in [-0.1, -0.05) is 18.6 Å². The molecule has 20 heavy (non-hydrogen) atoms. The Bertz CT molecular complexity index is 516. The van der Waals surface area contributed by atoms with Gasteiger partial charge in [0.15, 0.2) is 0 Å². The van der Waals surface area contributed by atoms with E-state index in [4.69, 9.17) is 4.74 Å². The summed E-state index contributed by atoms with van der Waals surface area (Å²) in [4.78, 5) is 26.3. The van der Waals surface area contributed by atoms with E-state index >= 15 is 0 Å². The van der Waals surface area contributed by atoms with Crippen LogP contribution in [0.3, 0.4) is 0 Å². The van der Waals surface area contributed by atoms with E-state index in [2.05, 4.69) is 6.92 Å². The molecule has 1 heterocycles. The van der Waals surface area contributed by atoms with E-state index < -0.39 is 11.7 Å². The first-order chi connectivity index (χ1) is 9.52. The maximum atomic E-state index is 12.4. The average molecular weight is 275 g/mol. The van der Waals surface area contributed by atoms with Gasteiger partial charge in [0.05, 0.1) is 12.7 Å². The van der Waals surface area contributed by atoms with Gasteiger partial charge in [0.1, 0.15) is 5.75 Å². The van der Waals surface area contributed by atoms with Gasteiger partial charge in [-0.2, -0.15) is 0 Å². The number of likely N-dealkylation sites (tertiary alicyclic amines) is 1. The summed E-state index contributed by atoms with van der Waals surface area (Å²) >= 11 is 0. The summed E-state index contributed by atoms with van der Waals surface area (Å²) < 4.78 is 5.18. The zero-order valence-electron chi connectivity index (χ0n) is 12.3. The molecule has 1 aliphatic rings. The third-order valence-electron chi connectivity index (χ3n) is 3.86. The Morgan fingerprint density at radius 2 is 1.90 bits per heavy atom. The predicted molar refractivity (Wildman–Crippen MR) is 77.0 cm³/mol. The van der Waals surface area contributed by atoms with Crippen molar-refractivity contribution >= 4 is 11.7 Å². The number of hydrogen-bond acceptors (Lipinski definition) is 3. The molecule has 0 aliphatic carbocycles. The minimum absolute atomic E-state index is 0.358. The smallest absolute Gasteiger partial charge is 0.295 e. The van der Waals surface area contributed by atoms with Crippen LogP contribution in [-0.4, -0.2) is 36.8 Å². The SMILES string of the molecule is COc1ccc(C)cc1C(=O)C(=O)N1CCC(C)CC1. The lowest BCUT2D eigenvalue weighted by atomic mass is 9.98. The molecule has 4 heteroatoms. The van der Waals surface area contributed by atoms with Crippen LogP contribution in [0.5, 0.6) is 5.75 Å². The normalized spacial score (nSPS) is 16.1. The van der Waals surface area contributed by atoms with Crippen molar-refractivity contribution in [2.24, 2.45) is 5.92 Å². The fourth-order valence-electron chi connectivity index (χ4n) is 2.47. The average Bonchev–Trinajstić information content (AvgIpc) is 2.46. The number of nitrogens with zero attached hydrogens (tertiary/aromatic N) is 1. The van der Waals surface area contributed by atoms with Crippen LogP contribution >= 0.6 is 0 Å². The van der Waals surface area contributed by atoms with Crippen molar-refractivity contribution in [3.8, 4) is 5.75 Å². The van der Waals surface area contributed by atoms with Crippen molar-refractivity contribution in [2.45, 2.75) is 26.7 Å². The molecule has 1 saturated heterocycles. The van der Waals surface area contributed by atoms with Gasteiger partial charge < -0.3 is 9.64 Å². The summed E-state index contributed by atoms with van der Waals surface area (Å²) in [6, 6.07) is 5.31. The van der Waals surface area contributed by atoms with E-state index in [1.54, 1.807) is 17.0 Å². The molecule has 1 fully saturated rings. The van der Waals surface area contributed by atoms with Crippen LogP contribution in [0.15, 0.2) is 18.2 Å². The number of carbonyl (C=O) groups is 2. The number of aryl methyl sites for hydroxylation is 1. The lowest BCUT2D eigenvalue weighted by Gasteiger charge is -2.29. The molecule has 2 rings (SSSR count). The summed E-state index contributed by atoms with van der Waals surface area (Å²) in [7, 11) is 1.51. The quantitative estimate of drug-likeness (QED) is 0.629. The number of carbonyl (C=O) groups excluding carboxylic acids is 2. The number of methoxy groups -OCH3 is 1. The van der Waals surface area contributed by atoms with E-state index in [0.29, 0.717) is 30.3 Å². The van der Waals surface area contributed by atoms with E-state index in [1.165, 1.54) is 7.11 Å². The van der Waals surface area contributed by atoms with Crippen LogP contribution < -0.4 is 4.74 Å². The Morgan fingerprint density at radius 1 is 1.25 bits per heavy atom. The highest BCUT2D eigenvalue weighted by Gasteiger charge is 2.28. The standard InChI is InChI=1S/C16H21NO3/c1-11-6-8-17(9-7-11)16(19)15(18)13-10-12(2)4-5-14(13)20-3/h4-5,10-11H,6-9H2,1-3H3. The zero-order chi connectivity index (χ0) is 14.7. The van der Waals surface area contributed by atoms with Gasteiger partial charge in [-0.3, -0.25) is 9.59 Å². The monoisotopic (exact) mass is 275 g/mol. The highest BCUT2D eigenvalue weighted by atomic mass is 16.5. The van der Waals surface area contributed by atoms with Gasteiger partial charge in [-0.05, 0) is 37.8 Å². The van der Waals surface area contributed by atoms with Gasteiger partial charge in [0.2, 0.25) is 0 Å². The number of amides is 1. The molecule has 0 aromatic heterocycles. The molecule has 1 aromatic carbocycles. The van der Waals surface area contributed by atoms with Crippen molar-refractivity contribution in [3.05, 3.63) is 29.3 Å². The number of hydrogen-bond donors (Lipinski definition) is 0. The minimum atomic E-state index is -0.472.